The molecule has 0 aliphatic carbocycles. The van der Waals surface area contributed by atoms with E-state index >= 15 is 0 Å². The van der Waals surface area contributed by atoms with E-state index in [1.165, 1.54) is 6.07 Å². The van der Waals surface area contributed by atoms with Crippen molar-refractivity contribution in [1.82, 2.24) is 9.97 Å². The van der Waals surface area contributed by atoms with E-state index in [2.05, 4.69) is 22.2 Å². The molecule has 0 saturated heterocycles. The fourth-order valence-corrected chi connectivity index (χ4v) is 5.95. The molecule has 1 N–H and O–H groups in total. The molecule has 31 heavy (non-hydrogen) atoms. The van der Waals surface area contributed by atoms with Crippen molar-refractivity contribution >= 4 is 67.8 Å². The zero-order valence-corrected chi connectivity index (χ0v) is 20.9. The van der Waals surface area contributed by atoms with Crippen LogP contribution in [0.25, 0.3) is 11.1 Å². The second kappa shape index (κ2) is 10.3. The number of rotatable bonds is 9. The van der Waals surface area contributed by atoms with Crippen LogP contribution in [-0.2, 0) is 14.6 Å². The first-order chi connectivity index (χ1) is 14.7. The minimum atomic E-state index is -3.45. The highest BCUT2D eigenvalue weighted by Crippen LogP contribution is 2.36. The maximum Gasteiger partial charge on any atom is 0.257 e. The number of sulfone groups is 1. The lowest BCUT2D eigenvalue weighted by Crippen LogP contribution is -2.16. The van der Waals surface area contributed by atoms with Crippen LogP contribution in [0.2, 0.25) is 0 Å². The quantitative estimate of drug-likeness (QED) is 0.414. The zero-order valence-electron chi connectivity index (χ0n) is 17.6. The molecule has 7 nitrogen and oxygen atoms in total. The molecule has 166 valence electrons. The van der Waals surface area contributed by atoms with Gasteiger partial charge in [0.1, 0.15) is 15.4 Å². The Bertz CT molecular complexity index is 1180. The first-order valence-corrected chi connectivity index (χ1v) is 14.4. The topological polar surface area (TPSA) is 102 Å². The highest BCUT2D eigenvalue weighted by atomic mass is 32.2. The van der Waals surface area contributed by atoms with E-state index in [0.29, 0.717) is 5.52 Å². The van der Waals surface area contributed by atoms with Crippen molar-refractivity contribution in [2.45, 2.75) is 40.8 Å². The molecule has 2 aromatic heterocycles. The summed E-state index contributed by atoms with van der Waals surface area (Å²) in [7, 11) is -3.45. The Balaban J connectivity index is 1.78. The van der Waals surface area contributed by atoms with E-state index in [4.69, 9.17) is 4.42 Å². The molecule has 0 aliphatic heterocycles. The molecular formula is C20H23N3O4S4. The molecule has 0 fully saturated rings. The summed E-state index contributed by atoms with van der Waals surface area (Å²) in [5, 5.41) is 4.03. The summed E-state index contributed by atoms with van der Waals surface area (Å²) < 4.78 is 29.5. The number of fused-ring (bicyclic) bond motifs is 1. The van der Waals surface area contributed by atoms with Gasteiger partial charge in [-0.2, -0.15) is 0 Å². The van der Waals surface area contributed by atoms with Gasteiger partial charge < -0.3 is 9.73 Å². The summed E-state index contributed by atoms with van der Waals surface area (Å²) in [6.45, 7) is 6.05. The lowest BCUT2D eigenvalue weighted by atomic mass is 10.3. The maximum atomic E-state index is 12.7. The van der Waals surface area contributed by atoms with Gasteiger partial charge in [0.05, 0.1) is 11.4 Å². The van der Waals surface area contributed by atoms with E-state index in [-0.39, 0.29) is 27.4 Å². The first kappa shape index (κ1) is 24.0. The summed E-state index contributed by atoms with van der Waals surface area (Å²) in [5.74, 6) is 1.58. The average Bonchev–Trinajstić information content (AvgIpc) is 3.11. The van der Waals surface area contributed by atoms with Crippen molar-refractivity contribution in [3.63, 3.8) is 0 Å². The SMILES string of the molecule is CCSc1cc(C)nc(SCC)c1NC(=O)CSc1nc2cccc(S(C)(=O)=O)c2o1. The fourth-order valence-electron chi connectivity index (χ4n) is 2.80. The number of nitrogens with one attached hydrogen (secondary N) is 1. The Kier molecular flexibility index (Phi) is 7.95. The number of aryl methyl sites for hydroxylation is 1. The van der Waals surface area contributed by atoms with Crippen LogP contribution < -0.4 is 5.32 Å². The second-order valence-electron chi connectivity index (χ2n) is 6.50. The molecule has 11 heteroatoms. The number of hydrogen-bond donors (Lipinski definition) is 1. The van der Waals surface area contributed by atoms with Crippen LogP contribution in [0.1, 0.15) is 19.5 Å². The van der Waals surface area contributed by atoms with Crippen LogP contribution in [0.4, 0.5) is 5.69 Å². The highest BCUT2D eigenvalue weighted by Gasteiger charge is 2.19. The Labute approximate surface area is 194 Å². The molecule has 0 unspecified atom stereocenters. The fraction of sp³-hybridized carbons (Fsp3) is 0.350. The van der Waals surface area contributed by atoms with Crippen LogP contribution in [-0.4, -0.2) is 47.8 Å². The Morgan fingerprint density at radius 2 is 1.87 bits per heavy atom. The minimum absolute atomic E-state index is 0.0708. The third-order valence-electron chi connectivity index (χ3n) is 4.01. The van der Waals surface area contributed by atoms with Gasteiger partial charge in [0.15, 0.2) is 15.4 Å². The molecule has 0 saturated carbocycles. The van der Waals surface area contributed by atoms with Crippen molar-refractivity contribution in [3.05, 3.63) is 30.0 Å². The molecule has 0 spiro atoms. The number of para-hydroxylation sites is 1. The predicted molar refractivity (Wildman–Crippen MR) is 128 cm³/mol. The molecular weight excluding hydrogens is 475 g/mol. The lowest BCUT2D eigenvalue weighted by molar-refractivity contribution is -0.113. The summed E-state index contributed by atoms with van der Waals surface area (Å²) in [4.78, 5) is 22.6. The van der Waals surface area contributed by atoms with Gasteiger partial charge in [-0.1, -0.05) is 31.7 Å². The van der Waals surface area contributed by atoms with Gasteiger partial charge >= 0.3 is 0 Å². The largest absolute Gasteiger partial charge is 0.430 e. The van der Waals surface area contributed by atoms with Crippen LogP contribution in [0.15, 0.2) is 48.7 Å². The normalized spacial score (nSPS) is 11.7. The van der Waals surface area contributed by atoms with Gasteiger partial charge in [0, 0.05) is 16.8 Å². The third-order valence-corrected chi connectivity index (χ3v) is 7.74. The molecule has 0 bridgehead atoms. The number of benzene rings is 1. The van der Waals surface area contributed by atoms with Gasteiger partial charge in [-0.05, 0) is 36.6 Å². The van der Waals surface area contributed by atoms with Gasteiger partial charge in [-0.3, -0.25) is 4.79 Å². The van der Waals surface area contributed by atoms with Gasteiger partial charge in [-0.25, -0.2) is 18.4 Å². The highest BCUT2D eigenvalue weighted by molar-refractivity contribution is 8.00. The number of oxazole rings is 1. The van der Waals surface area contributed by atoms with Gasteiger partial charge in [-0.15, -0.1) is 23.5 Å². The van der Waals surface area contributed by atoms with Gasteiger partial charge in [0.2, 0.25) is 5.91 Å². The molecule has 0 atom stereocenters. The summed E-state index contributed by atoms with van der Waals surface area (Å²) in [5.41, 5.74) is 2.29. The molecule has 1 aromatic carbocycles. The molecule has 2 heterocycles. The smallest absolute Gasteiger partial charge is 0.257 e. The van der Waals surface area contributed by atoms with Crippen molar-refractivity contribution in [2.75, 3.05) is 28.8 Å². The number of aromatic nitrogens is 2. The number of nitrogens with zero attached hydrogens (tertiary/aromatic N) is 2. The molecule has 3 aromatic rings. The van der Waals surface area contributed by atoms with Crippen molar-refractivity contribution in [3.8, 4) is 0 Å². The number of carbonyl (C=O) groups is 1. The maximum absolute atomic E-state index is 12.7. The Morgan fingerprint density at radius 3 is 2.55 bits per heavy atom. The van der Waals surface area contributed by atoms with Crippen molar-refractivity contribution in [1.29, 1.82) is 0 Å². The zero-order chi connectivity index (χ0) is 22.6. The van der Waals surface area contributed by atoms with E-state index in [9.17, 15) is 13.2 Å². The van der Waals surface area contributed by atoms with E-state index < -0.39 is 9.84 Å². The van der Waals surface area contributed by atoms with E-state index in [1.807, 2.05) is 19.9 Å². The van der Waals surface area contributed by atoms with Gasteiger partial charge in [0.25, 0.3) is 5.22 Å². The number of pyridine rings is 1. The number of hydrogen-bond acceptors (Lipinski definition) is 9. The Morgan fingerprint density at radius 1 is 1.13 bits per heavy atom. The average molecular weight is 498 g/mol. The number of amides is 1. The first-order valence-electron chi connectivity index (χ1n) is 9.52. The summed E-state index contributed by atoms with van der Waals surface area (Å²) in [6.07, 6.45) is 1.12. The summed E-state index contributed by atoms with van der Waals surface area (Å²) >= 11 is 4.36. The van der Waals surface area contributed by atoms with Crippen LogP contribution >= 0.6 is 35.3 Å². The van der Waals surface area contributed by atoms with E-state index in [0.717, 1.165) is 50.8 Å². The number of thioether (sulfide) groups is 3. The van der Waals surface area contributed by atoms with Crippen LogP contribution in [0.3, 0.4) is 0 Å². The standard InChI is InChI=1S/C20H23N3O4S4/c1-5-28-14-10-12(3)21-19(29-6-2)17(14)23-16(24)11-30-20-22-13-8-7-9-15(18(13)27-20)31(4,25)26/h7-10H,5-6,11H2,1-4H3,(H,23,24). The molecule has 0 radical (unpaired) electrons. The number of carbonyl (C=O) groups excluding carboxylic acids is 1. The minimum Gasteiger partial charge on any atom is -0.430 e. The third kappa shape index (κ3) is 5.97. The molecule has 3 rings (SSSR count). The lowest BCUT2D eigenvalue weighted by Gasteiger charge is -2.14. The summed E-state index contributed by atoms with van der Waals surface area (Å²) in [6, 6.07) is 6.75. The van der Waals surface area contributed by atoms with Crippen LogP contribution in [0.5, 0.6) is 0 Å². The van der Waals surface area contributed by atoms with Crippen molar-refractivity contribution in [2.24, 2.45) is 0 Å². The van der Waals surface area contributed by atoms with Crippen molar-refractivity contribution < 1.29 is 17.6 Å². The van der Waals surface area contributed by atoms with E-state index in [1.54, 1.807) is 35.7 Å². The Hall–Kier alpha value is -1.69. The molecule has 0 aliphatic rings. The predicted octanol–water partition coefficient (Wildman–Crippen LogP) is 4.89. The number of anilines is 1. The second-order valence-corrected chi connectivity index (χ2v) is 12.0. The van der Waals surface area contributed by atoms with Crippen LogP contribution in [0, 0.1) is 6.92 Å². The molecule has 1 amide bonds. The monoisotopic (exact) mass is 497 g/mol.